The average molecular weight is 332 g/mol. The van der Waals surface area contributed by atoms with E-state index in [1.54, 1.807) is 19.1 Å². The summed E-state index contributed by atoms with van der Waals surface area (Å²) < 4.78 is 27.3. The molecule has 1 aliphatic carbocycles. The number of sulfonamides is 1. The number of hydrogen-bond acceptors (Lipinski definition) is 3. The number of rotatable bonds is 4. The Morgan fingerprint density at radius 2 is 1.86 bits per heavy atom. The Labute approximate surface area is 131 Å². The van der Waals surface area contributed by atoms with Gasteiger partial charge in [0.15, 0.2) is 0 Å². The van der Waals surface area contributed by atoms with Crippen LogP contribution in [-0.2, 0) is 10.0 Å². The maximum atomic E-state index is 12.4. The van der Waals surface area contributed by atoms with E-state index >= 15 is 0 Å². The number of aliphatic hydroxyl groups is 1. The van der Waals surface area contributed by atoms with Crippen molar-refractivity contribution in [3.05, 3.63) is 28.8 Å². The summed E-state index contributed by atoms with van der Waals surface area (Å²) in [6, 6.07) is 4.81. The highest BCUT2D eigenvalue weighted by Crippen LogP contribution is 2.27. The molecular formula is C15H22ClNO3S. The molecule has 1 aromatic rings. The Balaban J connectivity index is 2.12. The lowest BCUT2D eigenvalue weighted by atomic mass is 9.95. The first-order valence-electron chi connectivity index (χ1n) is 7.31. The van der Waals surface area contributed by atoms with Gasteiger partial charge in [-0.1, -0.05) is 43.4 Å². The SMILES string of the molecule is Cc1c(Cl)cccc1S(=O)(=O)NCC1(O)CCCCCC1. The highest BCUT2D eigenvalue weighted by Gasteiger charge is 2.30. The number of halogens is 1. The molecule has 1 aliphatic rings. The Hall–Kier alpha value is -0.620. The molecule has 1 saturated carbocycles. The van der Waals surface area contributed by atoms with Crippen molar-refractivity contribution in [2.75, 3.05) is 6.54 Å². The number of hydrogen-bond donors (Lipinski definition) is 2. The molecule has 0 saturated heterocycles. The van der Waals surface area contributed by atoms with Gasteiger partial charge in [-0.15, -0.1) is 0 Å². The first-order chi connectivity index (χ1) is 9.84. The normalized spacial score (nSPS) is 19.2. The Bertz CT molecular complexity index is 593. The van der Waals surface area contributed by atoms with Crippen LogP contribution in [0.3, 0.4) is 0 Å². The molecule has 0 amide bonds. The fraction of sp³-hybridized carbons (Fsp3) is 0.600. The minimum absolute atomic E-state index is 0.0568. The lowest BCUT2D eigenvalue weighted by Crippen LogP contribution is -2.42. The van der Waals surface area contributed by atoms with E-state index in [0.717, 1.165) is 25.7 Å². The zero-order chi connectivity index (χ0) is 15.5. The monoisotopic (exact) mass is 331 g/mol. The summed E-state index contributed by atoms with van der Waals surface area (Å²) in [4.78, 5) is 0.173. The fourth-order valence-electron chi connectivity index (χ4n) is 2.75. The van der Waals surface area contributed by atoms with Crippen LogP contribution in [0.1, 0.15) is 44.1 Å². The minimum Gasteiger partial charge on any atom is -0.389 e. The van der Waals surface area contributed by atoms with Gasteiger partial charge in [0.25, 0.3) is 0 Å². The lowest BCUT2D eigenvalue weighted by Gasteiger charge is -2.26. The van der Waals surface area contributed by atoms with Crippen molar-refractivity contribution < 1.29 is 13.5 Å². The van der Waals surface area contributed by atoms with Gasteiger partial charge in [-0.25, -0.2) is 13.1 Å². The van der Waals surface area contributed by atoms with Gasteiger partial charge in [0.2, 0.25) is 10.0 Å². The topological polar surface area (TPSA) is 66.4 Å². The number of benzene rings is 1. The van der Waals surface area contributed by atoms with E-state index in [1.807, 2.05) is 0 Å². The van der Waals surface area contributed by atoms with Gasteiger partial charge in [0.1, 0.15) is 0 Å². The van der Waals surface area contributed by atoms with E-state index in [9.17, 15) is 13.5 Å². The largest absolute Gasteiger partial charge is 0.389 e. The van der Waals surface area contributed by atoms with Gasteiger partial charge in [-0.05, 0) is 37.5 Å². The van der Waals surface area contributed by atoms with Crippen LogP contribution in [0.5, 0.6) is 0 Å². The van der Waals surface area contributed by atoms with E-state index in [1.165, 1.54) is 6.07 Å². The highest BCUT2D eigenvalue weighted by molar-refractivity contribution is 7.89. The molecular weight excluding hydrogens is 310 g/mol. The van der Waals surface area contributed by atoms with E-state index in [-0.39, 0.29) is 11.4 Å². The fourth-order valence-corrected chi connectivity index (χ4v) is 4.36. The zero-order valence-electron chi connectivity index (χ0n) is 12.2. The maximum absolute atomic E-state index is 12.4. The molecule has 21 heavy (non-hydrogen) atoms. The van der Waals surface area contributed by atoms with Crippen LogP contribution in [0.2, 0.25) is 5.02 Å². The summed E-state index contributed by atoms with van der Waals surface area (Å²) in [6.07, 6.45) is 5.36. The summed E-state index contributed by atoms with van der Waals surface area (Å²) in [5.41, 5.74) is -0.407. The van der Waals surface area contributed by atoms with Crippen molar-refractivity contribution in [2.24, 2.45) is 0 Å². The molecule has 1 fully saturated rings. The molecule has 4 nitrogen and oxygen atoms in total. The third-order valence-corrected chi connectivity index (χ3v) is 6.09. The molecule has 0 radical (unpaired) electrons. The summed E-state index contributed by atoms with van der Waals surface area (Å²) >= 11 is 5.98. The van der Waals surface area contributed by atoms with Gasteiger partial charge in [0.05, 0.1) is 10.5 Å². The minimum atomic E-state index is -3.66. The second kappa shape index (κ2) is 6.65. The summed E-state index contributed by atoms with van der Waals surface area (Å²) in [5.74, 6) is 0. The first-order valence-corrected chi connectivity index (χ1v) is 9.17. The van der Waals surface area contributed by atoms with Crippen molar-refractivity contribution in [2.45, 2.75) is 55.9 Å². The quantitative estimate of drug-likeness (QED) is 0.833. The second-order valence-electron chi connectivity index (χ2n) is 5.83. The van der Waals surface area contributed by atoms with Crippen molar-refractivity contribution in [3.8, 4) is 0 Å². The van der Waals surface area contributed by atoms with Crippen molar-refractivity contribution >= 4 is 21.6 Å². The summed E-state index contributed by atoms with van der Waals surface area (Å²) in [7, 11) is -3.66. The molecule has 0 atom stereocenters. The third-order valence-electron chi connectivity index (χ3n) is 4.13. The van der Waals surface area contributed by atoms with Crippen molar-refractivity contribution in [1.82, 2.24) is 4.72 Å². The predicted molar refractivity (Wildman–Crippen MR) is 84.0 cm³/mol. The van der Waals surface area contributed by atoms with Crippen LogP contribution in [-0.4, -0.2) is 25.7 Å². The van der Waals surface area contributed by atoms with Crippen LogP contribution in [0.4, 0.5) is 0 Å². The van der Waals surface area contributed by atoms with Crippen molar-refractivity contribution in [3.63, 3.8) is 0 Å². The maximum Gasteiger partial charge on any atom is 0.240 e. The molecule has 2 N–H and O–H groups in total. The molecule has 2 rings (SSSR count). The standard InChI is InChI=1S/C15H22ClNO3S/c1-12-13(16)7-6-8-14(12)21(19,20)17-11-15(18)9-4-2-3-5-10-15/h6-8,17-18H,2-5,9-11H2,1H3. The molecule has 0 bridgehead atoms. The predicted octanol–water partition coefficient (Wildman–Crippen LogP) is 3.01. The summed E-state index contributed by atoms with van der Waals surface area (Å²) in [5, 5.41) is 11.0. The molecule has 0 aliphatic heterocycles. The molecule has 0 spiro atoms. The Kier molecular flexibility index (Phi) is 5.30. The van der Waals surface area contributed by atoms with E-state index in [0.29, 0.717) is 23.4 Å². The molecule has 118 valence electrons. The molecule has 6 heteroatoms. The number of nitrogens with one attached hydrogen (secondary N) is 1. The Morgan fingerprint density at radius 1 is 1.24 bits per heavy atom. The highest BCUT2D eigenvalue weighted by atomic mass is 35.5. The summed E-state index contributed by atoms with van der Waals surface area (Å²) in [6.45, 7) is 1.73. The smallest absolute Gasteiger partial charge is 0.240 e. The van der Waals surface area contributed by atoms with Gasteiger partial charge in [0, 0.05) is 11.6 Å². The Morgan fingerprint density at radius 3 is 2.48 bits per heavy atom. The van der Waals surface area contributed by atoms with E-state index < -0.39 is 15.6 Å². The van der Waals surface area contributed by atoms with Crippen LogP contribution in [0.25, 0.3) is 0 Å². The van der Waals surface area contributed by atoms with Crippen LogP contribution >= 0.6 is 11.6 Å². The second-order valence-corrected chi connectivity index (χ2v) is 7.97. The molecule has 0 heterocycles. The van der Waals surface area contributed by atoms with Crippen LogP contribution in [0, 0.1) is 6.92 Å². The average Bonchev–Trinajstić information content (AvgIpc) is 2.65. The van der Waals surface area contributed by atoms with Gasteiger partial charge < -0.3 is 5.11 Å². The van der Waals surface area contributed by atoms with Gasteiger partial charge >= 0.3 is 0 Å². The van der Waals surface area contributed by atoms with Crippen molar-refractivity contribution in [1.29, 1.82) is 0 Å². The third kappa shape index (κ3) is 4.19. The van der Waals surface area contributed by atoms with Gasteiger partial charge in [-0.2, -0.15) is 0 Å². The zero-order valence-corrected chi connectivity index (χ0v) is 13.8. The lowest BCUT2D eigenvalue weighted by molar-refractivity contribution is 0.0303. The first kappa shape index (κ1) is 16.7. The van der Waals surface area contributed by atoms with Crippen LogP contribution < -0.4 is 4.72 Å². The van der Waals surface area contributed by atoms with Gasteiger partial charge in [-0.3, -0.25) is 0 Å². The van der Waals surface area contributed by atoms with E-state index in [4.69, 9.17) is 11.6 Å². The van der Waals surface area contributed by atoms with E-state index in [2.05, 4.69) is 4.72 Å². The molecule has 1 aromatic carbocycles. The molecule has 0 aromatic heterocycles. The molecule has 0 unspecified atom stereocenters. The van der Waals surface area contributed by atoms with Crippen LogP contribution in [0.15, 0.2) is 23.1 Å².